The molecule has 0 spiro atoms. The molecule has 1 aliphatic rings. The lowest BCUT2D eigenvalue weighted by Crippen LogP contribution is -2.41. The summed E-state index contributed by atoms with van der Waals surface area (Å²) in [4.78, 5) is 23.5. The second-order valence-corrected chi connectivity index (χ2v) is 5.50. The van der Waals surface area contributed by atoms with Crippen LogP contribution >= 0.6 is 11.6 Å². The summed E-state index contributed by atoms with van der Waals surface area (Å²) in [6.45, 7) is 2.59. The van der Waals surface area contributed by atoms with Gasteiger partial charge in [-0.25, -0.2) is 14.0 Å². The van der Waals surface area contributed by atoms with E-state index in [4.69, 9.17) is 21.1 Å². The molecule has 1 heterocycles. The van der Waals surface area contributed by atoms with Crippen LogP contribution in [0.5, 0.6) is 0 Å². The average molecular weight is 353 g/mol. The zero-order chi connectivity index (χ0) is 17.6. The SMILES string of the molecule is CC1(C)OC(=O)C(=Cc2cc(C(F)(F)F)cc(Cl)c2F)C(=O)O1. The van der Waals surface area contributed by atoms with E-state index in [0.29, 0.717) is 18.2 Å². The number of rotatable bonds is 1. The van der Waals surface area contributed by atoms with Crippen LogP contribution in [0.15, 0.2) is 17.7 Å². The summed E-state index contributed by atoms with van der Waals surface area (Å²) in [5, 5.41) is -0.801. The van der Waals surface area contributed by atoms with E-state index in [-0.39, 0.29) is 0 Å². The lowest BCUT2D eigenvalue weighted by Gasteiger charge is -2.29. The van der Waals surface area contributed by atoms with Gasteiger partial charge in [-0.05, 0) is 18.2 Å². The molecule has 23 heavy (non-hydrogen) atoms. The smallest absolute Gasteiger partial charge is 0.416 e. The fraction of sp³-hybridized carbons (Fsp3) is 0.286. The van der Waals surface area contributed by atoms with Gasteiger partial charge in [0.25, 0.3) is 5.79 Å². The predicted molar refractivity (Wildman–Crippen MR) is 70.7 cm³/mol. The zero-order valence-corrected chi connectivity index (χ0v) is 12.5. The number of esters is 2. The molecule has 0 radical (unpaired) electrons. The van der Waals surface area contributed by atoms with Crippen LogP contribution in [-0.2, 0) is 25.2 Å². The van der Waals surface area contributed by atoms with E-state index in [0.717, 1.165) is 0 Å². The van der Waals surface area contributed by atoms with Gasteiger partial charge in [-0.15, -0.1) is 0 Å². The van der Waals surface area contributed by atoms with E-state index in [1.165, 1.54) is 13.8 Å². The Morgan fingerprint density at radius 3 is 2.13 bits per heavy atom. The molecule has 0 amide bonds. The Balaban J connectivity index is 2.53. The maximum absolute atomic E-state index is 13.9. The minimum Gasteiger partial charge on any atom is -0.419 e. The summed E-state index contributed by atoms with van der Waals surface area (Å²) < 4.78 is 61.6. The number of ether oxygens (including phenoxy) is 2. The Bertz CT molecular complexity index is 700. The Morgan fingerprint density at radius 2 is 1.65 bits per heavy atom. The van der Waals surface area contributed by atoms with E-state index >= 15 is 0 Å². The molecule has 4 nitrogen and oxygen atoms in total. The number of carbonyl (C=O) groups is 2. The Morgan fingerprint density at radius 1 is 1.13 bits per heavy atom. The van der Waals surface area contributed by atoms with Gasteiger partial charge in [0, 0.05) is 19.4 Å². The van der Waals surface area contributed by atoms with Crippen LogP contribution in [0.4, 0.5) is 17.6 Å². The molecule has 1 fully saturated rings. The van der Waals surface area contributed by atoms with Crippen LogP contribution in [0, 0.1) is 5.82 Å². The highest BCUT2D eigenvalue weighted by Crippen LogP contribution is 2.34. The fourth-order valence-corrected chi connectivity index (χ4v) is 2.04. The summed E-state index contributed by atoms with van der Waals surface area (Å²) in [6.07, 6.45) is -4.17. The van der Waals surface area contributed by atoms with E-state index in [9.17, 15) is 27.2 Å². The molecule has 1 aromatic carbocycles. The maximum atomic E-state index is 13.9. The molecule has 0 aliphatic carbocycles. The predicted octanol–water partition coefficient (Wildman–Crippen LogP) is 3.72. The zero-order valence-electron chi connectivity index (χ0n) is 11.8. The van der Waals surface area contributed by atoms with Gasteiger partial charge in [0.15, 0.2) is 0 Å². The fourth-order valence-electron chi connectivity index (χ4n) is 1.81. The topological polar surface area (TPSA) is 52.6 Å². The molecule has 0 aromatic heterocycles. The summed E-state index contributed by atoms with van der Waals surface area (Å²) in [6, 6.07) is 0.827. The van der Waals surface area contributed by atoms with Crippen LogP contribution in [0.2, 0.25) is 5.02 Å². The number of halogens is 5. The maximum Gasteiger partial charge on any atom is 0.416 e. The van der Waals surface area contributed by atoms with Crippen molar-refractivity contribution >= 4 is 29.6 Å². The Hall–Kier alpha value is -2.09. The van der Waals surface area contributed by atoms with Crippen LogP contribution in [0.1, 0.15) is 25.0 Å². The van der Waals surface area contributed by atoms with E-state index < -0.39 is 51.4 Å². The minimum atomic E-state index is -4.78. The van der Waals surface area contributed by atoms with Gasteiger partial charge in [0.2, 0.25) is 0 Å². The standard InChI is InChI=1S/C14H9ClF4O4/c1-13(2)22-11(20)8(12(21)23-13)4-6-3-7(14(17,18)19)5-9(15)10(6)16/h3-5H,1-2H3. The van der Waals surface area contributed by atoms with E-state index in [1.807, 2.05) is 0 Å². The van der Waals surface area contributed by atoms with Crippen molar-refractivity contribution in [2.24, 2.45) is 0 Å². The van der Waals surface area contributed by atoms with Crippen LogP contribution in [0.3, 0.4) is 0 Å². The quantitative estimate of drug-likeness (QED) is 0.334. The first kappa shape index (κ1) is 17.3. The van der Waals surface area contributed by atoms with Crippen molar-refractivity contribution in [2.45, 2.75) is 25.8 Å². The lowest BCUT2D eigenvalue weighted by atomic mass is 10.1. The van der Waals surface area contributed by atoms with Gasteiger partial charge in [-0.3, -0.25) is 0 Å². The molecule has 1 aromatic rings. The molecular weight excluding hydrogens is 344 g/mol. The van der Waals surface area contributed by atoms with Crippen molar-refractivity contribution < 1.29 is 36.6 Å². The van der Waals surface area contributed by atoms with Gasteiger partial charge >= 0.3 is 18.1 Å². The van der Waals surface area contributed by atoms with Gasteiger partial charge < -0.3 is 9.47 Å². The van der Waals surface area contributed by atoms with Crippen LogP contribution in [-0.4, -0.2) is 17.7 Å². The van der Waals surface area contributed by atoms with Gasteiger partial charge in [-0.2, -0.15) is 13.2 Å². The Labute approximate surface area is 132 Å². The number of carbonyl (C=O) groups excluding carboxylic acids is 2. The number of cyclic esters (lactones) is 2. The number of benzene rings is 1. The molecule has 2 rings (SSSR count). The van der Waals surface area contributed by atoms with Crippen molar-refractivity contribution in [1.82, 2.24) is 0 Å². The summed E-state index contributed by atoms with van der Waals surface area (Å²) in [5.41, 5.74) is -2.65. The minimum absolute atomic E-state index is 0.402. The second kappa shape index (κ2) is 5.52. The summed E-state index contributed by atoms with van der Waals surface area (Å²) in [5.74, 6) is -5.01. The third-order valence-corrected chi connectivity index (χ3v) is 3.08. The first-order valence-corrected chi connectivity index (χ1v) is 6.53. The first-order valence-electron chi connectivity index (χ1n) is 6.15. The van der Waals surface area contributed by atoms with E-state index in [1.54, 1.807) is 0 Å². The van der Waals surface area contributed by atoms with Crippen molar-refractivity contribution in [3.05, 3.63) is 39.7 Å². The normalized spacial score (nSPS) is 17.6. The highest BCUT2D eigenvalue weighted by molar-refractivity contribution is 6.31. The summed E-state index contributed by atoms with van der Waals surface area (Å²) >= 11 is 5.42. The lowest BCUT2D eigenvalue weighted by molar-refractivity contribution is -0.222. The van der Waals surface area contributed by atoms with Gasteiger partial charge in [-0.1, -0.05) is 11.6 Å². The third kappa shape index (κ3) is 3.64. The van der Waals surface area contributed by atoms with Crippen molar-refractivity contribution in [3.63, 3.8) is 0 Å². The third-order valence-electron chi connectivity index (χ3n) is 2.80. The molecule has 1 saturated heterocycles. The van der Waals surface area contributed by atoms with Gasteiger partial charge in [0.05, 0.1) is 10.6 Å². The highest BCUT2D eigenvalue weighted by atomic mass is 35.5. The molecule has 0 saturated carbocycles. The molecule has 0 atom stereocenters. The number of alkyl halides is 3. The van der Waals surface area contributed by atoms with Crippen molar-refractivity contribution in [3.8, 4) is 0 Å². The van der Waals surface area contributed by atoms with Crippen molar-refractivity contribution in [1.29, 1.82) is 0 Å². The second-order valence-electron chi connectivity index (χ2n) is 5.10. The van der Waals surface area contributed by atoms with E-state index in [2.05, 4.69) is 0 Å². The monoisotopic (exact) mass is 352 g/mol. The molecular formula is C14H9ClF4O4. The Kier molecular flexibility index (Phi) is 4.14. The summed E-state index contributed by atoms with van der Waals surface area (Å²) in [7, 11) is 0. The van der Waals surface area contributed by atoms with Crippen LogP contribution in [0.25, 0.3) is 6.08 Å². The molecule has 124 valence electrons. The van der Waals surface area contributed by atoms with Crippen molar-refractivity contribution in [2.75, 3.05) is 0 Å². The molecule has 0 N–H and O–H groups in total. The van der Waals surface area contributed by atoms with Crippen LogP contribution < -0.4 is 0 Å². The molecule has 0 bridgehead atoms. The molecule has 9 heteroatoms. The number of hydrogen-bond acceptors (Lipinski definition) is 4. The molecule has 0 unspecified atom stereocenters. The molecule has 1 aliphatic heterocycles. The largest absolute Gasteiger partial charge is 0.419 e. The highest BCUT2D eigenvalue weighted by Gasteiger charge is 2.39. The average Bonchev–Trinajstić information content (AvgIpc) is 2.35. The number of hydrogen-bond donors (Lipinski definition) is 0. The first-order chi connectivity index (χ1) is 10.4. The van der Waals surface area contributed by atoms with Gasteiger partial charge in [0.1, 0.15) is 11.4 Å².